The number of rotatable bonds is 7. The van der Waals surface area contributed by atoms with E-state index in [1.54, 1.807) is 0 Å². The molecule has 0 aliphatic carbocycles. The minimum absolute atomic E-state index is 0.0276. The number of carbonyl (C=O) groups is 1. The van der Waals surface area contributed by atoms with Crippen LogP contribution in [0.1, 0.15) is 5.56 Å². The molecule has 1 rings (SSSR count). The van der Waals surface area contributed by atoms with E-state index in [9.17, 15) is 4.79 Å². The number of hydrogen-bond acceptors (Lipinski definition) is 4. The van der Waals surface area contributed by atoms with Gasteiger partial charge in [-0.1, -0.05) is 30.3 Å². The van der Waals surface area contributed by atoms with Crippen molar-refractivity contribution in [1.82, 2.24) is 5.32 Å². The summed E-state index contributed by atoms with van der Waals surface area (Å²) in [4.78, 5) is 11.2. The molecule has 0 saturated heterocycles. The van der Waals surface area contributed by atoms with Crippen molar-refractivity contribution in [1.29, 1.82) is 0 Å². The highest BCUT2D eigenvalue weighted by Gasteiger charge is 2.00. The van der Waals surface area contributed by atoms with Gasteiger partial charge < -0.3 is 19.9 Å². The SMILES string of the molecule is O=C(NCc1ccccc1)OCCOCCO. The van der Waals surface area contributed by atoms with Gasteiger partial charge in [0.25, 0.3) is 0 Å². The van der Waals surface area contributed by atoms with Crippen LogP contribution >= 0.6 is 0 Å². The second-order valence-corrected chi connectivity index (χ2v) is 3.31. The first kappa shape index (κ1) is 13.5. The summed E-state index contributed by atoms with van der Waals surface area (Å²) in [6, 6.07) is 9.58. The number of aliphatic hydroxyl groups is 1. The molecule has 2 N–H and O–H groups in total. The lowest BCUT2D eigenvalue weighted by Crippen LogP contribution is -2.25. The minimum Gasteiger partial charge on any atom is -0.447 e. The van der Waals surface area contributed by atoms with Crippen LogP contribution in [0.5, 0.6) is 0 Å². The predicted molar refractivity (Wildman–Crippen MR) is 62.5 cm³/mol. The molecule has 5 nitrogen and oxygen atoms in total. The predicted octanol–water partition coefficient (Wildman–Crippen LogP) is 0.922. The molecule has 0 aliphatic heterocycles. The van der Waals surface area contributed by atoms with Crippen LogP contribution in [0.2, 0.25) is 0 Å². The van der Waals surface area contributed by atoms with Gasteiger partial charge in [0.1, 0.15) is 6.61 Å². The average molecular weight is 239 g/mol. The molecule has 0 spiro atoms. The first-order valence-electron chi connectivity index (χ1n) is 5.46. The fourth-order valence-corrected chi connectivity index (χ4v) is 1.18. The maximum absolute atomic E-state index is 11.2. The summed E-state index contributed by atoms with van der Waals surface area (Å²) in [6.45, 7) is 1.15. The Hall–Kier alpha value is -1.59. The lowest BCUT2D eigenvalue weighted by Gasteiger charge is -2.07. The molecule has 1 aromatic carbocycles. The lowest BCUT2D eigenvalue weighted by molar-refractivity contribution is 0.0536. The first-order chi connectivity index (χ1) is 8.33. The van der Waals surface area contributed by atoms with Crippen molar-refractivity contribution in [3.05, 3.63) is 35.9 Å². The number of benzene rings is 1. The van der Waals surface area contributed by atoms with Gasteiger partial charge in [-0.3, -0.25) is 0 Å². The zero-order valence-corrected chi connectivity index (χ0v) is 9.59. The summed E-state index contributed by atoms with van der Waals surface area (Å²) in [5, 5.41) is 11.1. The summed E-state index contributed by atoms with van der Waals surface area (Å²) >= 11 is 0. The van der Waals surface area contributed by atoms with Crippen LogP contribution in [0.15, 0.2) is 30.3 Å². The van der Waals surface area contributed by atoms with Crippen molar-refractivity contribution in [3.63, 3.8) is 0 Å². The Kier molecular flexibility index (Phi) is 6.78. The van der Waals surface area contributed by atoms with Gasteiger partial charge in [0.15, 0.2) is 0 Å². The maximum Gasteiger partial charge on any atom is 0.407 e. The molecule has 0 heterocycles. The average Bonchev–Trinajstić information content (AvgIpc) is 2.37. The Morgan fingerprint density at radius 3 is 2.65 bits per heavy atom. The quantitative estimate of drug-likeness (QED) is 0.694. The van der Waals surface area contributed by atoms with E-state index in [1.807, 2.05) is 30.3 Å². The largest absolute Gasteiger partial charge is 0.447 e. The summed E-state index contributed by atoms with van der Waals surface area (Å²) in [7, 11) is 0. The van der Waals surface area contributed by atoms with E-state index in [2.05, 4.69) is 5.32 Å². The number of amides is 1. The van der Waals surface area contributed by atoms with Crippen LogP contribution in [-0.4, -0.2) is 37.6 Å². The first-order valence-corrected chi connectivity index (χ1v) is 5.46. The molecule has 0 bridgehead atoms. The third kappa shape index (κ3) is 6.55. The van der Waals surface area contributed by atoms with Crippen LogP contribution in [0.3, 0.4) is 0 Å². The highest BCUT2D eigenvalue weighted by molar-refractivity contribution is 5.67. The molecule has 0 atom stereocenters. The molecule has 0 aliphatic rings. The maximum atomic E-state index is 11.2. The Balaban J connectivity index is 2.05. The zero-order chi connectivity index (χ0) is 12.3. The molecule has 5 heteroatoms. The van der Waals surface area contributed by atoms with E-state index >= 15 is 0 Å². The summed E-state index contributed by atoms with van der Waals surface area (Å²) in [5.41, 5.74) is 1.01. The fourth-order valence-electron chi connectivity index (χ4n) is 1.18. The van der Waals surface area contributed by atoms with Crippen LogP contribution in [0, 0.1) is 0 Å². The monoisotopic (exact) mass is 239 g/mol. The van der Waals surface area contributed by atoms with E-state index < -0.39 is 6.09 Å². The van der Waals surface area contributed by atoms with Gasteiger partial charge in [0, 0.05) is 6.54 Å². The van der Waals surface area contributed by atoms with Crippen LogP contribution in [0.4, 0.5) is 4.79 Å². The van der Waals surface area contributed by atoms with E-state index in [0.29, 0.717) is 13.2 Å². The van der Waals surface area contributed by atoms with Gasteiger partial charge in [-0.25, -0.2) is 4.79 Å². The molecule has 17 heavy (non-hydrogen) atoms. The van der Waals surface area contributed by atoms with Crippen molar-refractivity contribution in [2.45, 2.75) is 6.54 Å². The smallest absolute Gasteiger partial charge is 0.407 e. The van der Waals surface area contributed by atoms with Gasteiger partial charge in [-0.05, 0) is 5.56 Å². The van der Waals surface area contributed by atoms with Gasteiger partial charge >= 0.3 is 6.09 Å². The number of aliphatic hydroxyl groups excluding tert-OH is 1. The number of carbonyl (C=O) groups excluding carboxylic acids is 1. The second-order valence-electron chi connectivity index (χ2n) is 3.31. The molecule has 0 fully saturated rings. The molecule has 94 valence electrons. The van der Waals surface area contributed by atoms with Crippen LogP contribution in [0.25, 0.3) is 0 Å². The van der Waals surface area contributed by atoms with Gasteiger partial charge in [0.2, 0.25) is 0 Å². The standard InChI is InChI=1S/C12H17NO4/c14-6-7-16-8-9-17-12(15)13-10-11-4-2-1-3-5-11/h1-5,14H,6-10H2,(H,13,15). The molecular weight excluding hydrogens is 222 g/mol. The molecule has 1 amide bonds. The van der Waals surface area contributed by atoms with E-state index in [1.165, 1.54) is 0 Å². The summed E-state index contributed by atoms with van der Waals surface area (Å²) in [6.07, 6.45) is -0.471. The van der Waals surface area contributed by atoms with Crippen molar-refractivity contribution in [2.75, 3.05) is 26.4 Å². The highest BCUT2D eigenvalue weighted by atomic mass is 16.6. The third-order valence-corrected chi connectivity index (χ3v) is 1.98. The van der Waals surface area contributed by atoms with Crippen molar-refractivity contribution >= 4 is 6.09 Å². The van der Waals surface area contributed by atoms with Crippen molar-refractivity contribution in [3.8, 4) is 0 Å². The number of ether oxygens (including phenoxy) is 2. The van der Waals surface area contributed by atoms with Crippen molar-refractivity contribution in [2.24, 2.45) is 0 Å². The molecule has 0 aromatic heterocycles. The molecule has 0 unspecified atom stereocenters. The number of alkyl carbamates (subject to hydrolysis) is 1. The van der Waals surface area contributed by atoms with Gasteiger partial charge in [0.05, 0.1) is 19.8 Å². The third-order valence-electron chi connectivity index (χ3n) is 1.98. The summed E-state index contributed by atoms with van der Waals surface area (Å²) < 4.78 is 9.79. The highest BCUT2D eigenvalue weighted by Crippen LogP contribution is 1.97. The molecule has 0 saturated carbocycles. The summed E-state index contributed by atoms with van der Waals surface area (Å²) in [5.74, 6) is 0. The zero-order valence-electron chi connectivity index (χ0n) is 9.59. The van der Waals surface area contributed by atoms with E-state index in [0.717, 1.165) is 5.56 Å². The number of hydrogen-bond donors (Lipinski definition) is 2. The van der Waals surface area contributed by atoms with Crippen LogP contribution < -0.4 is 5.32 Å². The van der Waals surface area contributed by atoms with Gasteiger partial charge in [-0.15, -0.1) is 0 Å². The van der Waals surface area contributed by atoms with Crippen molar-refractivity contribution < 1.29 is 19.4 Å². The minimum atomic E-state index is -0.471. The lowest BCUT2D eigenvalue weighted by atomic mass is 10.2. The fraction of sp³-hybridized carbons (Fsp3) is 0.417. The molecular formula is C12H17NO4. The Morgan fingerprint density at radius 1 is 1.18 bits per heavy atom. The Labute approximate surface area is 100 Å². The second kappa shape index (κ2) is 8.55. The van der Waals surface area contributed by atoms with Crippen LogP contribution in [-0.2, 0) is 16.0 Å². The van der Waals surface area contributed by atoms with E-state index in [-0.39, 0.29) is 19.8 Å². The molecule has 0 radical (unpaired) electrons. The normalized spacial score (nSPS) is 9.94. The van der Waals surface area contributed by atoms with Gasteiger partial charge in [-0.2, -0.15) is 0 Å². The molecule has 1 aromatic rings. The number of nitrogens with one attached hydrogen (secondary N) is 1. The Morgan fingerprint density at radius 2 is 1.94 bits per heavy atom. The topological polar surface area (TPSA) is 67.8 Å². The van der Waals surface area contributed by atoms with E-state index in [4.69, 9.17) is 14.6 Å². The Bertz CT molecular complexity index is 316.